The number of hydrogen-bond acceptors (Lipinski definition) is 5. The number of nitrogens with zero attached hydrogens (tertiary/aromatic N) is 2. The first-order valence-electron chi connectivity index (χ1n) is 13.3. The minimum Gasteiger partial charge on any atom is -0.352 e. The van der Waals surface area contributed by atoms with Crippen molar-refractivity contribution in [2.45, 2.75) is 81.8 Å². The van der Waals surface area contributed by atoms with Crippen molar-refractivity contribution in [3.05, 3.63) is 63.6 Å². The topological polar surface area (TPSA) is 104 Å². The fourth-order valence-corrected chi connectivity index (χ4v) is 7.20. The quantitative estimate of drug-likeness (QED) is 0.409. The van der Waals surface area contributed by atoms with Crippen molar-refractivity contribution in [3.8, 4) is 0 Å². The number of nitrogens with one attached hydrogen (secondary N) is 1. The Labute approximate surface area is 239 Å². The third kappa shape index (κ3) is 6.58. The molecule has 11 heteroatoms. The molecule has 1 aliphatic heterocycles. The van der Waals surface area contributed by atoms with Gasteiger partial charge in [-0.05, 0) is 55.5 Å². The summed E-state index contributed by atoms with van der Waals surface area (Å²) in [6, 6.07) is 10.5. The first-order chi connectivity index (χ1) is 18.6. The van der Waals surface area contributed by atoms with Crippen molar-refractivity contribution in [2.24, 2.45) is 0 Å². The molecule has 39 heavy (non-hydrogen) atoms. The van der Waals surface area contributed by atoms with E-state index in [1.807, 2.05) is 6.92 Å². The van der Waals surface area contributed by atoms with Gasteiger partial charge in [0.1, 0.15) is 10.9 Å². The van der Waals surface area contributed by atoms with Gasteiger partial charge in [-0.3, -0.25) is 14.4 Å². The largest absolute Gasteiger partial charge is 0.352 e. The maximum Gasteiger partial charge on any atom is 0.269 e. The molecule has 8 nitrogen and oxygen atoms in total. The number of benzene rings is 2. The summed E-state index contributed by atoms with van der Waals surface area (Å²) in [5, 5.41) is 3.86. The molecule has 1 aliphatic carbocycles. The van der Waals surface area contributed by atoms with E-state index in [2.05, 4.69) is 5.32 Å². The van der Waals surface area contributed by atoms with Gasteiger partial charge in [-0.2, -0.15) is 0 Å². The first-order valence-corrected chi connectivity index (χ1v) is 15.5. The van der Waals surface area contributed by atoms with E-state index in [0.717, 1.165) is 42.0 Å². The molecule has 210 valence electrons. The minimum atomic E-state index is -3.95. The smallest absolute Gasteiger partial charge is 0.269 e. The zero-order valence-corrected chi connectivity index (χ0v) is 24.2. The number of rotatable bonds is 10. The van der Waals surface area contributed by atoms with Crippen LogP contribution in [0.1, 0.15) is 74.2 Å². The molecular weight excluding hydrogens is 561 g/mol. The van der Waals surface area contributed by atoms with Crippen LogP contribution in [0.2, 0.25) is 10.0 Å². The van der Waals surface area contributed by atoms with Crippen molar-refractivity contribution >= 4 is 50.9 Å². The van der Waals surface area contributed by atoms with Gasteiger partial charge in [0.15, 0.2) is 0 Å². The molecule has 0 aromatic heterocycles. The number of carbonyl (C=O) groups excluding carboxylic acids is 3. The lowest BCUT2D eigenvalue weighted by Crippen LogP contribution is -2.51. The zero-order chi connectivity index (χ0) is 28.2. The van der Waals surface area contributed by atoms with Gasteiger partial charge < -0.3 is 10.2 Å². The number of halogens is 2. The molecule has 1 unspecified atom stereocenters. The molecule has 1 atom stereocenters. The van der Waals surface area contributed by atoms with E-state index in [4.69, 9.17) is 23.2 Å². The van der Waals surface area contributed by atoms with Crippen LogP contribution in [0, 0.1) is 0 Å². The lowest BCUT2D eigenvalue weighted by Gasteiger charge is -2.33. The van der Waals surface area contributed by atoms with Crippen LogP contribution < -0.4 is 5.32 Å². The van der Waals surface area contributed by atoms with Crippen molar-refractivity contribution in [1.29, 1.82) is 0 Å². The summed E-state index contributed by atoms with van der Waals surface area (Å²) in [5.41, 5.74) is 0.852. The Bertz CT molecular complexity index is 1340. The number of amides is 3. The summed E-state index contributed by atoms with van der Waals surface area (Å²) in [6.07, 6.45) is 5.62. The third-order valence-electron chi connectivity index (χ3n) is 7.34. The van der Waals surface area contributed by atoms with Gasteiger partial charge in [-0.1, -0.05) is 67.6 Å². The summed E-state index contributed by atoms with van der Waals surface area (Å²) >= 11 is 12.3. The number of carbonyl (C=O) groups is 3. The normalized spacial score (nSPS) is 17.5. The molecule has 2 aliphatic rings. The van der Waals surface area contributed by atoms with Gasteiger partial charge in [0.2, 0.25) is 11.8 Å². The number of hydrogen-bond donors (Lipinski definition) is 1. The van der Waals surface area contributed by atoms with E-state index in [1.54, 1.807) is 30.3 Å². The highest BCUT2D eigenvalue weighted by atomic mass is 35.5. The summed E-state index contributed by atoms with van der Waals surface area (Å²) in [6.45, 7) is 1.86. The predicted octanol–water partition coefficient (Wildman–Crippen LogP) is 5.17. The number of fused-ring (bicyclic) bond motifs is 1. The van der Waals surface area contributed by atoms with Crippen molar-refractivity contribution < 1.29 is 22.8 Å². The molecule has 1 N–H and O–H groups in total. The average molecular weight is 595 g/mol. The van der Waals surface area contributed by atoms with E-state index in [1.165, 1.54) is 17.0 Å². The standard InChI is InChI=1S/C28H33Cl2N3O5S/c1-2-24(27(35)31-20-9-4-3-5-10-20)32(18-19-14-15-22(29)23(30)17-19)26(34)13-8-16-33-28(36)21-11-6-7-12-25(21)39(33,37)38/h6-7,11-12,14-15,17,20,24H,2-5,8-10,13,16,18H2,1H3,(H,31,35). The molecule has 1 fully saturated rings. The average Bonchev–Trinajstić information content (AvgIpc) is 3.11. The molecular formula is C28H33Cl2N3O5S. The molecule has 3 amide bonds. The van der Waals surface area contributed by atoms with E-state index in [-0.39, 0.29) is 54.2 Å². The van der Waals surface area contributed by atoms with Crippen molar-refractivity contribution in [2.75, 3.05) is 6.54 Å². The van der Waals surface area contributed by atoms with Crippen LogP contribution in [-0.2, 0) is 26.2 Å². The van der Waals surface area contributed by atoms with Crippen LogP contribution >= 0.6 is 23.2 Å². The summed E-state index contributed by atoms with van der Waals surface area (Å²) in [4.78, 5) is 41.1. The SMILES string of the molecule is CCC(C(=O)NC1CCCCC1)N(Cc1ccc(Cl)c(Cl)c1)C(=O)CCCN1C(=O)c2ccccc2S1(=O)=O. The van der Waals surface area contributed by atoms with Gasteiger partial charge in [0.05, 0.1) is 15.6 Å². The summed E-state index contributed by atoms with van der Waals surface area (Å²) < 4.78 is 26.6. The Kier molecular flexibility index (Phi) is 9.56. The lowest BCUT2D eigenvalue weighted by molar-refractivity contribution is -0.141. The van der Waals surface area contributed by atoms with Gasteiger partial charge in [-0.15, -0.1) is 0 Å². The third-order valence-corrected chi connectivity index (χ3v) is 9.92. The molecule has 0 saturated heterocycles. The number of sulfonamides is 1. The van der Waals surface area contributed by atoms with Crippen LogP contribution in [0.3, 0.4) is 0 Å². The second kappa shape index (κ2) is 12.7. The predicted molar refractivity (Wildman–Crippen MR) is 150 cm³/mol. The van der Waals surface area contributed by atoms with E-state index in [0.29, 0.717) is 16.5 Å². The Morgan fingerprint density at radius 2 is 1.79 bits per heavy atom. The molecule has 0 spiro atoms. The maximum atomic E-state index is 13.6. The second-order valence-electron chi connectivity index (χ2n) is 10.0. The van der Waals surface area contributed by atoms with Gasteiger partial charge in [0.25, 0.3) is 15.9 Å². The molecule has 0 radical (unpaired) electrons. The Hall–Kier alpha value is -2.62. The van der Waals surface area contributed by atoms with Crippen molar-refractivity contribution in [1.82, 2.24) is 14.5 Å². The highest BCUT2D eigenvalue weighted by Crippen LogP contribution is 2.30. The highest BCUT2D eigenvalue weighted by Gasteiger charge is 2.40. The zero-order valence-electron chi connectivity index (χ0n) is 21.9. The van der Waals surface area contributed by atoms with Crippen LogP contribution in [-0.4, -0.2) is 54.0 Å². The highest BCUT2D eigenvalue weighted by molar-refractivity contribution is 7.90. The minimum absolute atomic E-state index is 0.0204. The molecule has 4 rings (SSSR count). The van der Waals surface area contributed by atoms with Gasteiger partial charge in [0, 0.05) is 25.6 Å². The Balaban J connectivity index is 1.48. The molecule has 1 heterocycles. The molecule has 1 saturated carbocycles. The van der Waals surface area contributed by atoms with Crippen LogP contribution in [0.15, 0.2) is 47.4 Å². The van der Waals surface area contributed by atoms with E-state index >= 15 is 0 Å². The van der Waals surface area contributed by atoms with Crippen LogP contribution in [0.4, 0.5) is 0 Å². The Morgan fingerprint density at radius 3 is 2.46 bits per heavy atom. The second-order valence-corrected chi connectivity index (χ2v) is 12.7. The first kappa shape index (κ1) is 29.4. The molecule has 0 bridgehead atoms. The van der Waals surface area contributed by atoms with Gasteiger partial charge >= 0.3 is 0 Å². The van der Waals surface area contributed by atoms with Gasteiger partial charge in [-0.25, -0.2) is 12.7 Å². The van der Waals surface area contributed by atoms with Crippen LogP contribution in [0.5, 0.6) is 0 Å². The van der Waals surface area contributed by atoms with E-state index in [9.17, 15) is 22.8 Å². The fraction of sp³-hybridized carbons (Fsp3) is 0.464. The van der Waals surface area contributed by atoms with E-state index < -0.39 is 22.0 Å². The molecule has 2 aromatic rings. The molecule has 2 aromatic carbocycles. The monoisotopic (exact) mass is 593 g/mol. The van der Waals surface area contributed by atoms with Crippen molar-refractivity contribution in [3.63, 3.8) is 0 Å². The summed E-state index contributed by atoms with van der Waals surface area (Å²) in [5.74, 6) is -1.11. The summed E-state index contributed by atoms with van der Waals surface area (Å²) in [7, 11) is -3.95. The fourth-order valence-electron chi connectivity index (χ4n) is 5.27. The van der Waals surface area contributed by atoms with Crippen LogP contribution in [0.25, 0.3) is 0 Å². The Morgan fingerprint density at radius 1 is 1.08 bits per heavy atom. The lowest BCUT2D eigenvalue weighted by atomic mass is 9.95. The maximum absolute atomic E-state index is 13.6.